The number of rotatable bonds is 8. The second kappa shape index (κ2) is 9.14. The van der Waals surface area contributed by atoms with Crippen LogP contribution >= 0.6 is 0 Å². The van der Waals surface area contributed by atoms with Gasteiger partial charge in [-0.3, -0.25) is 9.59 Å². The van der Waals surface area contributed by atoms with Gasteiger partial charge in [0.25, 0.3) is 0 Å². The van der Waals surface area contributed by atoms with Crippen LogP contribution < -0.4 is 10.0 Å². The summed E-state index contributed by atoms with van der Waals surface area (Å²) in [6.45, 7) is 1.83. The molecule has 1 aliphatic carbocycles. The molecule has 1 saturated carbocycles. The number of aryl methyl sites for hydroxylation is 1. The molecule has 144 valence electrons. The highest BCUT2D eigenvalue weighted by atomic mass is 32.2. The summed E-state index contributed by atoms with van der Waals surface area (Å²) in [7, 11) is -3.96. The lowest BCUT2D eigenvalue weighted by atomic mass is 9.95. The van der Waals surface area contributed by atoms with Crippen LogP contribution in [0.5, 0.6) is 0 Å². The molecule has 0 aliphatic heterocycles. The van der Waals surface area contributed by atoms with Gasteiger partial charge in [-0.2, -0.15) is 4.72 Å². The number of carbonyl (C=O) groups is 2. The molecule has 8 heteroatoms. The lowest BCUT2D eigenvalue weighted by Gasteiger charge is -2.23. The van der Waals surface area contributed by atoms with Gasteiger partial charge in [-0.1, -0.05) is 37.0 Å². The minimum atomic E-state index is -3.96. The molecule has 1 amide bonds. The Hall–Kier alpha value is -1.93. The molecule has 7 nitrogen and oxygen atoms in total. The second-order valence-corrected chi connectivity index (χ2v) is 8.48. The van der Waals surface area contributed by atoms with Crippen molar-refractivity contribution < 1.29 is 23.1 Å². The summed E-state index contributed by atoms with van der Waals surface area (Å²) in [5.41, 5.74) is 0.901. The Bertz CT molecular complexity index is 724. The number of sulfonamides is 1. The van der Waals surface area contributed by atoms with Crippen molar-refractivity contribution in [3.05, 3.63) is 29.8 Å². The highest BCUT2D eigenvalue weighted by molar-refractivity contribution is 7.89. The van der Waals surface area contributed by atoms with Gasteiger partial charge >= 0.3 is 5.97 Å². The highest BCUT2D eigenvalue weighted by Gasteiger charge is 2.26. The molecule has 1 aromatic rings. The zero-order valence-corrected chi connectivity index (χ0v) is 15.7. The van der Waals surface area contributed by atoms with Gasteiger partial charge in [0.15, 0.2) is 0 Å². The SMILES string of the molecule is Cc1ccc(S(=O)(=O)N[C@@H](CCC(=O)NC2CCCCC2)C(=O)O)cc1. The number of benzene rings is 1. The number of carboxylic acid groups (broad SMARTS) is 1. The van der Waals surface area contributed by atoms with E-state index in [0.29, 0.717) is 0 Å². The molecule has 2 rings (SSSR count). The van der Waals surface area contributed by atoms with E-state index in [2.05, 4.69) is 10.0 Å². The number of aliphatic carboxylic acids is 1. The van der Waals surface area contributed by atoms with Crippen molar-refractivity contribution in [2.24, 2.45) is 0 Å². The van der Waals surface area contributed by atoms with E-state index in [1.165, 1.54) is 18.6 Å². The van der Waals surface area contributed by atoms with E-state index in [4.69, 9.17) is 0 Å². The molecule has 0 radical (unpaired) electrons. The summed E-state index contributed by atoms with van der Waals surface area (Å²) < 4.78 is 26.9. The first kappa shape index (κ1) is 20.4. The Kier molecular flexibility index (Phi) is 7.16. The average molecular weight is 382 g/mol. The molecule has 1 atom stereocenters. The number of hydrogen-bond acceptors (Lipinski definition) is 4. The van der Waals surface area contributed by atoms with Gasteiger partial charge in [0, 0.05) is 12.5 Å². The fraction of sp³-hybridized carbons (Fsp3) is 0.556. The Morgan fingerprint density at radius 2 is 1.77 bits per heavy atom. The van der Waals surface area contributed by atoms with E-state index >= 15 is 0 Å². The third-order valence-corrected chi connectivity index (χ3v) is 6.04. The normalized spacial score (nSPS) is 16.8. The van der Waals surface area contributed by atoms with Crippen LogP contribution in [0.25, 0.3) is 0 Å². The van der Waals surface area contributed by atoms with Crippen LogP contribution in [0.15, 0.2) is 29.2 Å². The number of carboxylic acids is 1. The van der Waals surface area contributed by atoms with E-state index in [1.54, 1.807) is 12.1 Å². The number of carbonyl (C=O) groups excluding carboxylic acids is 1. The van der Waals surface area contributed by atoms with Gasteiger partial charge in [-0.05, 0) is 38.3 Å². The van der Waals surface area contributed by atoms with E-state index in [9.17, 15) is 23.1 Å². The lowest BCUT2D eigenvalue weighted by Crippen LogP contribution is -2.42. The Labute approximate surface area is 154 Å². The quantitative estimate of drug-likeness (QED) is 0.636. The molecular formula is C18H26N2O5S. The van der Waals surface area contributed by atoms with E-state index in [-0.39, 0.29) is 29.7 Å². The van der Waals surface area contributed by atoms with Crippen molar-refractivity contribution in [2.75, 3.05) is 0 Å². The summed E-state index contributed by atoms with van der Waals surface area (Å²) in [6, 6.07) is 4.92. The van der Waals surface area contributed by atoms with Crippen molar-refractivity contribution in [3.8, 4) is 0 Å². The van der Waals surface area contributed by atoms with E-state index in [1.807, 2.05) is 6.92 Å². The van der Waals surface area contributed by atoms with Crippen LogP contribution in [0.4, 0.5) is 0 Å². The minimum absolute atomic E-state index is 0.000933. The van der Waals surface area contributed by atoms with Gasteiger partial charge in [-0.25, -0.2) is 8.42 Å². The molecule has 3 N–H and O–H groups in total. The first-order chi connectivity index (χ1) is 12.3. The third kappa shape index (κ3) is 6.10. The standard InChI is InChI=1S/C18H26N2O5S/c1-13-7-9-15(10-8-13)26(24,25)20-16(18(22)23)11-12-17(21)19-14-5-3-2-4-6-14/h7-10,14,16,20H,2-6,11-12H2,1H3,(H,19,21)(H,22,23)/t16-/m0/s1. The molecule has 0 saturated heterocycles. The maximum absolute atomic E-state index is 12.3. The van der Waals surface area contributed by atoms with Crippen LogP contribution in [0, 0.1) is 6.92 Å². The van der Waals surface area contributed by atoms with Crippen LogP contribution in [-0.4, -0.2) is 37.5 Å². The molecule has 0 spiro atoms. The maximum atomic E-state index is 12.3. The maximum Gasteiger partial charge on any atom is 0.321 e. The van der Waals surface area contributed by atoms with E-state index in [0.717, 1.165) is 31.2 Å². The van der Waals surface area contributed by atoms with Gasteiger partial charge in [-0.15, -0.1) is 0 Å². The van der Waals surface area contributed by atoms with Crippen LogP contribution in [-0.2, 0) is 19.6 Å². The zero-order chi connectivity index (χ0) is 19.2. The fourth-order valence-electron chi connectivity index (χ4n) is 3.03. The van der Waals surface area contributed by atoms with Gasteiger partial charge < -0.3 is 10.4 Å². The molecule has 0 heterocycles. The fourth-order valence-corrected chi connectivity index (χ4v) is 4.25. The average Bonchev–Trinajstić information content (AvgIpc) is 2.59. The summed E-state index contributed by atoms with van der Waals surface area (Å²) in [5.74, 6) is -1.54. The smallest absolute Gasteiger partial charge is 0.321 e. The van der Waals surface area contributed by atoms with E-state index < -0.39 is 22.0 Å². The summed E-state index contributed by atoms with van der Waals surface area (Å²) >= 11 is 0. The van der Waals surface area contributed by atoms with Crippen LogP contribution in [0.3, 0.4) is 0 Å². The van der Waals surface area contributed by atoms with Crippen molar-refractivity contribution in [3.63, 3.8) is 0 Å². The molecule has 0 aromatic heterocycles. The molecule has 0 bridgehead atoms. The van der Waals surface area contributed by atoms with Crippen LogP contribution in [0.2, 0.25) is 0 Å². The number of amides is 1. The first-order valence-electron chi connectivity index (χ1n) is 8.89. The molecule has 0 unspecified atom stereocenters. The van der Waals surface area contributed by atoms with Gasteiger partial charge in [0.2, 0.25) is 15.9 Å². The molecule has 1 fully saturated rings. The van der Waals surface area contributed by atoms with Gasteiger partial charge in [0.1, 0.15) is 6.04 Å². The zero-order valence-electron chi connectivity index (χ0n) is 14.9. The van der Waals surface area contributed by atoms with Crippen LogP contribution in [0.1, 0.15) is 50.5 Å². The Morgan fingerprint density at radius 1 is 1.15 bits per heavy atom. The first-order valence-corrected chi connectivity index (χ1v) is 10.4. The molecule has 1 aliphatic rings. The highest BCUT2D eigenvalue weighted by Crippen LogP contribution is 2.17. The molecular weight excluding hydrogens is 356 g/mol. The third-order valence-electron chi connectivity index (χ3n) is 4.56. The lowest BCUT2D eigenvalue weighted by molar-refractivity contribution is -0.139. The monoisotopic (exact) mass is 382 g/mol. The molecule has 26 heavy (non-hydrogen) atoms. The van der Waals surface area contributed by atoms with Crippen molar-refractivity contribution in [2.45, 2.75) is 68.8 Å². The van der Waals surface area contributed by atoms with Crippen molar-refractivity contribution in [1.82, 2.24) is 10.0 Å². The second-order valence-electron chi connectivity index (χ2n) is 6.77. The topological polar surface area (TPSA) is 113 Å². The predicted octanol–water partition coefficient (Wildman–Crippen LogP) is 1.96. The van der Waals surface area contributed by atoms with Crippen molar-refractivity contribution in [1.29, 1.82) is 0 Å². The summed E-state index contributed by atoms with van der Waals surface area (Å²) in [4.78, 5) is 23.4. The Morgan fingerprint density at radius 3 is 2.35 bits per heavy atom. The van der Waals surface area contributed by atoms with Crippen molar-refractivity contribution >= 4 is 21.9 Å². The largest absolute Gasteiger partial charge is 0.480 e. The van der Waals surface area contributed by atoms with Gasteiger partial charge in [0.05, 0.1) is 4.90 Å². The summed E-state index contributed by atoms with van der Waals surface area (Å²) in [6.07, 6.45) is 5.08. The minimum Gasteiger partial charge on any atom is -0.480 e. The molecule has 1 aromatic carbocycles. The number of hydrogen-bond donors (Lipinski definition) is 3. The Balaban J connectivity index is 1.92. The number of nitrogens with one attached hydrogen (secondary N) is 2. The predicted molar refractivity (Wildman–Crippen MR) is 97.2 cm³/mol. The summed E-state index contributed by atoms with van der Waals surface area (Å²) in [5, 5.41) is 12.2.